The van der Waals surface area contributed by atoms with Crippen molar-refractivity contribution in [3.05, 3.63) is 47.7 Å². The quantitative estimate of drug-likeness (QED) is 0.868. The predicted octanol–water partition coefficient (Wildman–Crippen LogP) is 2.04. The first-order valence-electron chi connectivity index (χ1n) is 8.08. The van der Waals surface area contributed by atoms with Crippen LogP contribution in [0.25, 0.3) is 0 Å². The molecule has 0 aliphatic carbocycles. The molecule has 0 saturated carbocycles. The molecule has 2 amide bonds. The van der Waals surface area contributed by atoms with Crippen molar-refractivity contribution in [1.82, 2.24) is 4.98 Å². The molecule has 25 heavy (non-hydrogen) atoms. The second-order valence-corrected chi connectivity index (χ2v) is 5.83. The van der Waals surface area contributed by atoms with E-state index < -0.39 is 5.91 Å². The van der Waals surface area contributed by atoms with Crippen LogP contribution in [0.4, 0.5) is 11.4 Å². The Morgan fingerprint density at radius 3 is 2.48 bits per heavy atom. The largest absolute Gasteiger partial charge is 0.481 e. The number of carbonyl (C=O) groups excluding carboxylic acids is 2. The number of nitrogens with zero attached hydrogens (tertiary/aromatic N) is 2. The highest BCUT2D eigenvalue weighted by Crippen LogP contribution is 2.30. The molecule has 1 fully saturated rings. The third-order valence-electron chi connectivity index (χ3n) is 4.18. The first kappa shape index (κ1) is 16.8. The number of ether oxygens (including phenoxy) is 1. The third kappa shape index (κ3) is 3.71. The first-order chi connectivity index (χ1) is 12.1. The predicted molar refractivity (Wildman–Crippen MR) is 95.1 cm³/mol. The minimum Gasteiger partial charge on any atom is -0.481 e. The summed E-state index contributed by atoms with van der Waals surface area (Å²) < 4.78 is 5.00. The van der Waals surface area contributed by atoms with Gasteiger partial charge in [-0.15, -0.1) is 0 Å². The molecule has 0 spiro atoms. The van der Waals surface area contributed by atoms with E-state index in [9.17, 15) is 9.59 Å². The lowest BCUT2D eigenvalue weighted by Gasteiger charge is -2.22. The molecule has 1 aromatic carbocycles. The zero-order valence-electron chi connectivity index (χ0n) is 14.0. The van der Waals surface area contributed by atoms with E-state index in [0.717, 1.165) is 31.6 Å². The van der Waals surface area contributed by atoms with Crippen molar-refractivity contribution >= 4 is 23.2 Å². The van der Waals surface area contributed by atoms with E-state index in [4.69, 9.17) is 10.5 Å². The van der Waals surface area contributed by atoms with Crippen LogP contribution in [0.1, 0.15) is 33.6 Å². The number of pyridine rings is 1. The summed E-state index contributed by atoms with van der Waals surface area (Å²) in [5.74, 6) is -0.406. The average molecular weight is 340 g/mol. The number of anilines is 2. The number of methoxy groups -OCH3 is 1. The van der Waals surface area contributed by atoms with Gasteiger partial charge in [0.05, 0.1) is 24.0 Å². The number of rotatable bonds is 5. The highest BCUT2D eigenvalue weighted by atomic mass is 16.5. The molecule has 3 N–H and O–H groups in total. The van der Waals surface area contributed by atoms with Crippen LogP contribution in [0.3, 0.4) is 0 Å². The van der Waals surface area contributed by atoms with Crippen LogP contribution in [0.2, 0.25) is 0 Å². The van der Waals surface area contributed by atoms with Crippen LogP contribution < -0.4 is 20.7 Å². The van der Waals surface area contributed by atoms with Crippen molar-refractivity contribution in [2.45, 2.75) is 12.8 Å². The van der Waals surface area contributed by atoms with Crippen LogP contribution in [0.15, 0.2) is 36.5 Å². The molecule has 1 aromatic heterocycles. The molecule has 1 saturated heterocycles. The van der Waals surface area contributed by atoms with Crippen LogP contribution in [0, 0.1) is 0 Å². The topological polar surface area (TPSA) is 97.5 Å². The molecule has 130 valence electrons. The summed E-state index contributed by atoms with van der Waals surface area (Å²) in [4.78, 5) is 30.2. The van der Waals surface area contributed by atoms with Crippen LogP contribution in [-0.4, -0.2) is 37.0 Å². The number of hydrogen-bond donors (Lipinski definition) is 2. The molecule has 3 rings (SSSR count). The van der Waals surface area contributed by atoms with Gasteiger partial charge < -0.3 is 20.7 Å². The van der Waals surface area contributed by atoms with Crippen molar-refractivity contribution in [2.75, 3.05) is 30.4 Å². The number of nitrogens with one attached hydrogen (secondary N) is 1. The number of primary amides is 1. The standard InChI is InChI=1S/C18H20N4O3/c1-25-16-7-5-13(11-20-16)18(24)21-14-10-12(17(19)23)4-6-15(14)22-8-2-3-9-22/h4-7,10-11H,2-3,8-9H2,1H3,(H2,19,23)(H,21,24). The molecule has 0 radical (unpaired) electrons. The highest BCUT2D eigenvalue weighted by molar-refractivity contribution is 6.07. The molecule has 1 aliphatic rings. The molecule has 0 atom stereocenters. The van der Waals surface area contributed by atoms with Crippen molar-refractivity contribution in [3.63, 3.8) is 0 Å². The van der Waals surface area contributed by atoms with Gasteiger partial charge >= 0.3 is 0 Å². The lowest BCUT2D eigenvalue weighted by molar-refractivity contribution is 0.0996. The smallest absolute Gasteiger partial charge is 0.257 e. The lowest BCUT2D eigenvalue weighted by Crippen LogP contribution is -2.22. The molecule has 7 heteroatoms. The average Bonchev–Trinajstić information content (AvgIpc) is 3.16. The first-order valence-corrected chi connectivity index (χ1v) is 8.08. The van der Waals surface area contributed by atoms with E-state index in [1.54, 1.807) is 24.3 Å². The molecule has 2 aromatic rings. The Labute approximate surface area is 145 Å². The second-order valence-electron chi connectivity index (χ2n) is 5.83. The zero-order valence-corrected chi connectivity index (χ0v) is 14.0. The summed E-state index contributed by atoms with van der Waals surface area (Å²) in [6, 6.07) is 8.38. The van der Waals surface area contributed by atoms with E-state index in [1.807, 2.05) is 6.07 Å². The third-order valence-corrected chi connectivity index (χ3v) is 4.18. The summed E-state index contributed by atoms with van der Waals surface area (Å²) in [6.45, 7) is 1.84. The number of benzene rings is 1. The Balaban J connectivity index is 1.88. The van der Waals surface area contributed by atoms with Crippen LogP contribution in [0.5, 0.6) is 5.88 Å². The SMILES string of the molecule is COc1ccc(C(=O)Nc2cc(C(N)=O)ccc2N2CCCC2)cn1. The normalized spacial score (nSPS) is 13.6. The van der Waals surface area contributed by atoms with Gasteiger partial charge in [0.25, 0.3) is 5.91 Å². The summed E-state index contributed by atoms with van der Waals surface area (Å²) >= 11 is 0. The van der Waals surface area contributed by atoms with E-state index >= 15 is 0 Å². The van der Waals surface area contributed by atoms with Crippen molar-refractivity contribution in [2.24, 2.45) is 5.73 Å². The maximum absolute atomic E-state index is 12.5. The Hall–Kier alpha value is -3.09. The fraction of sp³-hybridized carbons (Fsp3) is 0.278. The van der Waals surface area contributed by atoms with E-state index in [2.05, 4.69) is 15.2 Å². The van der Waals surface area contributed by atoms with E-state index in [0.29, 0.717) is 22.7 Å². The Morgan fingerprint density at radius 2 is 1.88 bits per heavy atom. The molecular formula is C18H20N4O3. The van der Waals surface area contributed by atoms with Gasteiger partial charge in [0.15, 0.2) is 0 Å². The van der Waals surface area contributed by atoms with Gasteiger partial charge in [0, 0.05) is 30.9 Å². The van der Waals surface area contributed by atoms with Gasteiger partial charge in [0.1, 0.15) is 0 Å². The van der Waals surface area contributed by atoms with Crippen molar-refractivity contribution in [1.29, 1.82) is 0 Å². The van der Waals surface area contributed by atoms with Crippen LogP contribution >= 0.6 is 0 Å². The Kier molecular flexibility index (Phi) is 4.83. The summed E-state index contributed by atoms with van der Waals surface area (Å²) in [5, 5.41) is 2.87. The van der Waals surface area contributed by atoms with Gasteiger partial charge in [0.2, 0.25) is 11.8 Å². The molecular weight excluding hydrogens is 320 g/mol. The number of carbonyl (C=O) groups is 2. The minimum atomic E-state index is -0.533. The molecule has 7 nitrogen and oxygen atoms in total. The minimum absolute atomic E-state index is 0.308. The maximum Gasteiger partial charge on any atom is 0.257 e. The second kappa shape index (κ2) is 7.21. The zero-order chi connectivity index (χ0) is 17.8. The van der Waals surface area contributed by atoms with Gasteiger partial charge in [-0.25, -0.2) is 4.98 Å². The number of nitrogens with two attached hydrogens (primary N) is 1. The fourth-order valence-corrected chi connectivity index (χ4v) is 2.85. The number of hydrogen-bond acceptors (Lipinski definition) is 5. The summed E-state index contributed by atoms with van der Waals surface area (Å²) in [5.41, 5.74) is 7.58. The van der Waals surface area contributed by atoms with Gasteiger partial charge in [-0.3, -0.25) is 9.59 Å². The Morgan fingerprint density at radius 1 is 1.16 bits per heavy atom. The number of aromatic nitrogens is 1. The monoisotopic (exact) mass is 340 g/mol. The van der Waals surface area contributed by atoms with E-state index in [1.165, 1.54) is 13.3 Å². The lowest BCUT2D eigenvalue weighted by atomic mass is 10.1. The van der Waals surface area contributed by atoms with Crippen LogP contribution in [-0.2, 0) is 0 Å². The molecule has 0 unspecified atom stereocenters. The maximum atomic E-state index is 12.5. The molecule has 2 heterocycles. The van der Waals surface area contributed by atoms with Crippen molar-refractivity contribution < 1.29 is 14.3 Å². The summed E-state index contributed by atoms with van der Waals surface area (Å²) in [6.07, 6.45) is 3.66. The summed E-state index contributed by atoms with van der Waals surface area (Å²) in [7, 11) is 1.51. The van der Waals surface area contributed by atoms with E-state index in [-0.39, 0.29) is 5.91 Å². The fourth-order valence-electron chi connectivity index (χ4n) is 2.85. The molecule has 0 bridgehead atoms. The van der Waals surface area contributed by atoms with Crippen molar-refractivity contribution in [3.8, 4) is 5.88 Å². The molecule has 1 aliphatic heterocycles. The Bertz CT molecular complexity index is 783. The van der Waals surface area contributed by atoms with Gasteiger partial charge in [-0.2, -0.15) is 0 Å². The van der Waals surface area contributed by atoms with Gasteiger partial charge in [-0.1, -0.05) is 0 Å². The van der Waals surface area contributed by atoms with Gasteiger partial charge in [-0.05, 0) is 37.1 Å². The highest BCUT2D eigenvalue weighted by Gasteiger charge is 2.19. The number of amides is 2.